The third-order valence-electron chi connectivity index (χ3n) is 20.2. The molecule has 1 amide bonds. The topological polar surface area (TPSA) is 266 Å². The largest absolute Gasteiger partial charge is 0.481 e. The zero-order valence-corrected chi connectivity index (χ0v) is 56.8. The molecule has 4 aliphatic carbocycles. The Labute approximate surface area is 558 Å². The molecule has 0 radical (unpaired) electrons. The molecule has 2 aromatic carbocycles. The maximum Gasteiger partial charge on any atom is 0.411 e. The molecule has 2 aliphatic heterocycles. The lowest BCUT2D eigenvalue weighted by Crippen LogP contribution is -2.44. The van der Waals surface area contributed by atoms with Gasteiger partial charge in [-0.25, -0.2) is 19.6 Å². The average molecular weight is 1310 g/mol. The third kappa shape index (κ3) is 18.7. The van der Waals surface area contributed by atoms with Crippen LogP contribution in [0.5, 0.6) is 11.8 Å². The number of nitrogens with zero attached hydrogens (tertiary/aromatic N) is 3. The Morgan fingerprint density at radius 2 is 1.08 bits per heavy atom. The lowest BCUT2D eigenvalue weighted by atomic mass is 9.66. The average Bonchev–Trinajstić information content (AvgIpc) is 1.13. The first-order valence-electron chi connectivity index (χ1n) is 34.2. The molecule has 6 aliphatic rings. The number of rotatable bonds is 22. The number of benzene rings is 2. The zero-order chi connectivity index (χ0) is 68.2. The number of aliphatic carboxylic acids is 2. The summed E-state index contributed by atoms with van der Waals surface area (Å²) in [6.45, 7) is 14.0. The number of pyridine rings is 2. The first-order chi connectivity index (χ1) is 45.4. The molecule has 512 valence electrons. The second kappa shape index (κ2) is 31.7. The highest BCUT2D eigenvalue weighted by molar-refractivity contribution is 5.87. The van der Waals surface area contributed by atoms with Crippen LogP contribution in [0, 0.1) is 72.0 Å². The number of amides is 1. The number of carbonyl (C=O) groups is 7. The monoisotopic (exact) mass is 1310 g/mol. The fourth-order valence-electron chi connectivity index (χ4n) is 14.3. The van der Waals surface area contributed by atoms with Crippen LogP contribution in [0.15, 0.2) is 48.5 Å². The van der Waals surface area contributed by atoms with E-state index in [9.17, 15) is 43.8 Å². The zero-order valence-electron chi connectivity index (χ0n) is 56.8. The molecule has 20 heteroatoms. The van der Waals surface area contributed by atoms with Crippen LogP contribution < -0.4 is 14.8 Å². The molecule has 10 atom stereocenters. The maximum atomic E-state index is 13.0. The number of para-hydroxylation sites is 2. The minimum atomic E-state index is -0.913. The molecular formula is C75H96N4O16. The van der Waals surface area contributed by atoms with Gasteiger partial charge in [0.25, 0.3) is 0 Å². The molecule has 0 spiro atoms. The predicted octanol–water partition coefficient (Wildman–Crippen LogP) is 12.3. The summed E-state index contributed by atoms with van der Waals surface area (Å²) in [5, 5.41) is 24.8. The van der Waals surface area contributed by atoms with Gasteiger partial charge in [0.15, 0.2) is 0 Å². The number of likely N-dealkylation sites (tertiary alicyclic amines) is 1. The van der Waals surface area contributed by atoms with Gasteiger partial charge in [0, 0.05) is 43.0 Å². The fourth-order valence-corrected chi connectivity index (χ4v) is 14.3. The van der Waals surface area contributed by atoms with Crippen molar-refractivity contribution in [3.63, 3.8) is 0 Å². The summed E-state index contributed by atoms with van der Waals surface area (Å²) in [5.74, 6) is 9.67. The Balaban J connectivity index is 0.000000226. The number of esters is 4. The van der Waals surface area contributed by atoms with Crippen molar-refractivity contribution in [3.05, 3.63) is 70.8 Å². The van der Waals surface area contributed by atoms with E-state index in [0.29, 0.717) is 49.0 Å². The number of methoxy groups -OCH3 is 2. The van der Waals surface area contributed by atoms with E-state index >= 15 is 0 Å². The highest BCUT2D eigenvalue weighted by Crippen LogP contribution is 2.47. The van der Waals surface area contributed by atoms with Gasteiger partial charge in [-0.2, -0.15) is 0 Å². The highest BCUT2D eigenvalue weighted by Gasteiger charge is 2.47. The van der Waals surface area contributed by atoms with Gasteiger partial charge in [-0.15, -0.1) is 0 Å². The van der Waals surface area contributed by atoms with Crippen LogP contribution in [0.1, 0.15) is 198 Å². The number of hydrogen-bond acceptors (Lipinski definition) is 17. The quantitative estimate of drug-likeness (QED) is 0.0286. The second-order valence-corrected chi connectivity index (χ2v) is 28.5. The summed E-state index contributed by atoms with van der Waals surface area (Å²) in [7, 11) is 2.67. The molecule has 20 nitrogen and oxygen atoms in total. The number of aryl methyl sites for hydroxylation is 2. The molecule has 3 N–H and O–H groups in total. The molecular weight excluding hydrogens is 1210 g/mol. The van der Waals surface area contributed by atoms with Crippen molar-refractivity contribution in [2.45, 2.75) is 232 Å². The van der Waals surface area contributed by atoms with Crippen molar-refractivity contribution in [1.29, 1.82) is 0 Å². The molecule has 4 saturated carbocycles. The summed E-state index contributed by atoms with van der Waals surface area (Å²) in [5.41, 5.74) is 3.47. The molecule has 0 bridgehead atoms. The Hall–Kier alpha value is -7.97. The van der Waals surface area contributed by atoms with Crippen molar-refractivity contribution in [2.24, 2.45) is 34.5 Å². The maximum absolute atomic E-state index is 13.0. The van der Waals surface area contributed by atoms with Crippen molar-refractivity contribution < 1.29 is 76.9 Å². The SMILES string of the molecule is COC(=O)[C@@H]1C[C@@H](Oc2nc3ccccc3c(C)c2C#CCCC[C@@H]2C[C@H]2OC(=O)C[C@H](C(=O)O)C2(C)CCCCC2)CN1.COC(=O)[C@@H]1C[C@@H](Oc2nc3ccccc3c(C)c2C#CCCC[C@@H]2C[C@H]2OC(=O)C[C@H](C(=O)O)C2(C)CCCCC2)CN1C(=O)OC(C)(C)C. The summed E-state index contributed by atoms with van der Waals surface area (Å²) in [6.07, 6.45) is 14.9. The lowest BCUT2D eigenvalue weighted by Gasteiger charge is -2.38. The summed E-state index contributed by atoms with van der Waals surface area (Å²) < 4.78 is 39.5. The number of carboxylic acids is 2. The Morgan fingerprint density at radius 3 is 1.53 bits per heavy atom. The van der Waals surface area contributed by atoms with Gasteiger partial charge in [-0.05, 0) is 145 Å². The predicted molar refractivity (Wildman–Crippen MR) is 355 cm³/mol. The van der Waals surface area contributed by atoms with Crippen LogP contribution in [-0.4, -0.2) is 136 Å². The molecule has 95 heavy (non-hydrogen) atoms. The van der Waals surface area contributed by atoms with E-state index in [1.54, 1.807) is 20.8 Å². The number of carboxylic acid groups (broad SMARTS) is 2. The summed E-state index contributed by atoms with van der Waals surface area (Å²) in [4.78, 5) is 98.0. The van der Waals surface area contributed by atoms with E-state index in [-0.39, 0.29) is 66.8 Å². The van der Waals surface area contributed by atoms with E-state index in [1.807, 2.05) is 76.2 Å². The van der Waals surface area contributed by atoms with E-state index < -0.39 is 71.6 Å². The van der Waals surface area contributed by atoms with Crippen LogP contribution in [0.25, 0.3) is 21.8 Å². The summed E-state index contributed by atoms with van der Waals surface area (Å²) >= 11 is 0. The van der Waals surface area contributed by atoms with Gasteiger partial charge in [0.05, 0.1) is 67.6 Å². The minimum absolute atomic E-state index is 0.0512. The summed E-state index contributed by atoms with van der Waals surface area (Å²) in [6, 6.07) is 14.4. The van der Waals surface area contributed by atoms with Gasteiger partial charge in [-0.1, -0.05) is 112 Å². The molecule has 0 unspecified atom stereocenters. The first kappa shape index (κ1) is 71.3. The number of aromatic nitrogens is 2. The van der Waals surface area contributed by atoms with E-state index in [1.165, 1.54) is 19.1 Å². The molecule has 10 rings (SSSR count). The van der Waals surface area contributed by atoms with Crippen LogP contribution in [0.3, 0.4) is 0 Å². The van der Waals surface area contributed by atoms with Gasteiger partial charge in [0.2, 0.25) is 11.8 Å². The lowest BCUT2D eigenvalue weighted by molar-refractivity contribution is -0.157. The highest BCUT2D eigenvalue weighted by atomic mass is 16.6. The number of ether oxygens (including phenoxy) is 7. The normalized spacial score (nSPS) is 23.7. The standard InChI is InChI=1S/C40H52N2O9.C35H44N2O7/c1-25-28-16-11-12-18-31(28)41-35(49-27-22-32(37(46)48-6)42(24-27)38(47)51-39(2,3)4)29(25)17-10-7-9-15-26-21-33(26)50-34(43)23-30(36(44)45)40(5)19-13-8-14-20-40;1-22-25-13-8-9-15-28(25)37-32(43-24-19-29(36-21-24)34(41)42-3)26(22)14-7-4-6-12-23-18-30(23)44-31(38)20-27(33(39)40)35(2)16-10-5-11-17-35/h11-12,16,18,26-27,30,32-33H,7-9,13-15,19-24H2,1-6H3,(H,44,45);8-9,13,15,23-24,27,29-30,36H,4-6,10-12,16-21H2,1-3H3,(H,39,40)/t26-,27-,30-,32+,33-;23-,24-,27-,29+,30-/m11/s1. The van der Waals surface area contributed by atoms with E-state index in [2.05, 4.69) is 29.0 Å². The number of nitrogens with one attached hydrogen (secondary N) is 1. The molecule has 2 aromatic heterocycles. The van der Waals surface area contributed by atoms with Gasteiger partial charge in [0.1, 0.15) is 42.1 Å². The van der Waals surface area contributed by atoms with Gasteiger partial charge < -0.3 is 48.7 Å². The Kier molecular flexibility index (Phi) is 23.8. The van der Waals surface area contributed by atoms with Gasteiger partial charge in [-0.3, -0.25) is 28.9 Å². The smallest absolute Gasteiger partial charge is 0.411 e. The minimum Gasteiger partial charge on any atom is -0.481 e. The molecule has 6 fully saturated rings. The molecule has 2 saturated heterocycles. The van der Waals surface area contributed by atoms with Crippen molar-refractivity contribution >= 4 is 63.7 Å². The number of hydrogen-bond donors (Lipinski definition) is 3. The van der Waals surface area contributed by atoms with E-state index in [0.717, 1.165) is 141 Å². The van der Waals surface area contributed by atoms with Crippen LogP contribution in [-0.2, 0) is 52.5 Å². The molecule has 4 aromatic rings. The van der Waals surface area contributed by atoms with Crippen molar-refractivity contribution in [1.82, 2.24) is 20.2 Å². The number of carbonyl (C=O) groups excluding carboxylic acids is 5. The first-order valence-corrected chi connectivity index (χ1v) is 34.2. The van der Waals surface area contributed by atoms with Crippen molar-refractivity contribution in [2.75, 3.05) is 27.3 Å². The Bertz CT molecular complexity index is 3580. The van der Waals surface area contributed by atoms with Crippen molar-refractivity contribution in [3.8, 4) is 35.4 Å². The van der Waals surface area contributed by atoms with Gasteiger partial charge >= 0.3 is 41.9 Å². The third-order valence-corrected chi connectivity index (χ3v) is 20.2. The van der Waals surface area contributed by atoms with Crippen LogP contribution in [0.4, 0.5) is 4.79 Å². The van der Waals surface area contributed by atoms with Crippen LogP contribution >= 0.6 is 0 Å². The van der Waals surface area contributed by atoms with Crippen LogP contribution in [0.2, 0.25) is 0 Å². The number of unbranched alkanes of at least 4 members (excludes halogenated alkanes) is 2. The second-order valence-electron chi connectivity index (χ2n) is 28.5. The fraction of sp³-hybridized carbons (Fsp3) is 0.613. The van der Waals surface area contributed by atoms with E-state index in [4.69, 9.17) is 43.1 Å². The molecule has 4 heterocycles. The Morgan fingerprint density at radius 1 is 0.632 bits per heavy atom. The number of fused-ring (bicyclic) bond motifs is 2.